The summed E-state index contributed by atoms with van der Waals surface area (Å²) in [5.41, 5.74) is 2.75. The predicted octanol–water partition coefficient (Wildman–Crippen LogP) is 2.61. The quantitative estimate of drug-likeness (QED) is 0.728. The Balaban J connectivity index is 1.81. The largest absolute Gasteiger partial charge is 0.300 e. The molecule has 20 heavy (non-hydrogen) atoms. The number of ketones is 1. The Bertz CT molecular complexity index is 761. The van der Waals surface area contributed by atoms with E-state index in [1.807, 2.05) is 47.3 Å². The average molecular weight is 265 g/mol. The van der Waals surface area contributed by atoms with Gasteiger partial charge in [0.1, 0.15) is 5.78 Å². The van der Waals surface area contributed by atoms with Gasteiger partial charge >= 0.3 is 0 Å². The summed E-state index contributed by atoms with van der Waals surface area (Å²) >= 11 is 0. The molecule has 0 fully saturated rings. The molecule has 0 aliphatic heterocycles. The summed E-state index contributed by atoms with van der Waals surface area (Å²) in [4.78, 5) is 15.7. The third-order valence-electron chi connectivity index (χ3n) is 3.11. The number of rotatable bonds is 4. The Kier molecular flexibility index (Phi) is 3.29. The number of carbonyl (C=O) groups is 1. The van der Waals surface area contributed by atoms with Gasteiger partial charge in [-0.25, -0.2) is 0 Å². The highest BCUT2D eigenvalue weighted by molar-refractivity contribution is 5.78. The number of para-hydroxylation sites is 1. The molecule has 2 heterocycles. The van der Waals surface area contributed by atoms with Gasteiger partial charge in [0.2, 0.25) is 0 Å². The maximum atomic E-state index is 11.1. The molecule has 2 aromatic heterocycles. The zero-order chi connectivity index (χ0) is 13.9. The van der Waals surface area contributed by atoms with E-state index < -0.39 is 0 Å². The third kappa shape index (κ3) is 2.74. The lowest BCUT2D eigenvalue weighted by Gasteiger charge is -2.03. The lowest BCUT2D eigenvalue weighted by atomic mass is 10.2. The van der Waals surface area contributed by atoms with Gasteiger partial charge in [0.15, 0.2) is 0 Å². The van der Waals surface area contributed by atoms with Gasteiger partial charge in [-0.3, -0.25) is 14.5 Å². The maximum Gasteiger partial charge on any atom is 0.135 e. The van der Waals surface area contributed by atoms with Gasteiger partial charge < -0.3 is 0 Å². The van der Waals surface area contributed by atoms with Crippen molar-refractivity contribution in [3.05, 3.63) is 60.0 Å². The molecule has 1 aromatic carbocycles. The van der Waals surface area contributed by atoms with E-state index in [0.717, 1.165) is 22.3 Å². The molecule has 0 amide bonds. The second-order valence-electron chi connectivity index (χ2n) is 4.88. The Morgan fingerprint density at radius 3 is 2.80 bits per heavy atom. The summed E-state index contributed by atoms with van der Waals surface area (Å²) in [5, 5.41) is 5.51. The van der Waals surface area contributed by atoms with Crippen LogP contribution in [0.2, 0.25) is 0 Å². The molecule has 4 heteroatoms. The van der Waals surface area contributed by atoms with Crippen LogP contribution in [0.4, 0.5) is 0 Å². The zero-order valence-corrected chi connectivity index (χ0v) is 11.3. The summed E-state index contributed by atoms with van der Waals surface area (Å²) in [6.07, 6.45) is 2.27. The van der Waals surface area contributed by atoms with E-state index in [-0.39, 0.29) is 5.78 Å². The molecule has 0 atom stereocenters. The Labute approximate surface area is 117 Å². The molecule has 0 bridgehead atoms. The van der Waals surface area contributed by atoms with E-state index in [9.17, 15) is 4.79 Å². The monoisotopic (exact) mass is 265 g/mol. The first-order chi connectivity index (χ1) is 9.70. The molecule has 100 valence electrons. The molecule has 4 nitrogen and oxygen atoms in total. The molecule has 0 radical (unpaired) electrons. The van der Waals surface area contributed by atoms with Gasteiger partial charge in [0.05, 0.1) is 29.9 Å². The Morgan fingerprint density at radius 2 is 1.95 bits per heavy atom. The molecule has 0 aliphatic carbocycles. The first kappa shape index (κ1) is 12.5. The van der Waals surface area contributed by atoms with Crippen molar-refractivity contribution in [2.24, 2.45) is 0 Å². The van der Waals surface area contributed by atoms with Crippen molar-refractivity contribution in [3.63, 3.8) is 0 Å². The minimum Gasteiger partial charge on any atom is -0.300 e. The van der Waals surface area contributed by atoms with Gasteiger partial charge in [-0.2, -0.15) is 5.10 Å². The fourth-order valence-corrected chi connectivity index (χ4v) is 2.20. The van der Waals surface area contributed by atoms with E-state index >= 15 is 0 Å². The van der Waals surface area contributed by atoms with Crippen molar-refractivity contribution in [1.82, 2.24) is 14.8 Å². The average Bonchev–Trinajstić information content (AvgIpc) is 2.85. The number of hydrogen-bond acceptors (Lipinski definition) is 3. The van der Waals surface area contributed by atoms with Gasteiger partial charge in [0, 0.05) is 11.6 Å². The van der Waals surface area contributed by atoms with Crippen LogP contribution in [0.1, 0.15) is 18.3 Å². The van der Waals surface area contributed by atoms with Gasteiger partial charge in [0.25, 0.3) is 0 Å². The van der Waals surface area contributed by atoms with Crippen LogP contribution in [0.5, 0.6) is 0 Å². The maximum absolute atomic E-state index is 11.1. The number of Topliss-reactive ketones (excluding diaryl/α,β-unsaturated/α-hetero) is 1. The summed E-state index contributed by atoms with van der Waals surface area (Å²) in [7, 11) is 0. The number of hydrogen-bond donors (Lipinski definition) is 0. The Hall–Kier alpha value is -2.49. The smallest absolute Gasteiger partial charge is 0.135 e. The number of carbonyl (C=O) groups excluding carboxylic acids is 1. The van der Waals surface area contributed by atoms with Crippen LogP contribution >= 0.6 is 0 Å². The summed E-state index contributed by atoms with van der Waals surface area (Å²) < 4.78 is 1.81. The highest BCUT2D eigenvalue weighted by Crippen LogP contribution is 2.12. The highest BCUT2D eigenvalue weighted by Gasteiger charge is 2.04. The van der Waals surface area contributed by atoms with Crippen molar-refractivity contribution in [2.45, 2.75) is 19.9 Å². The normalized spacial score (nSPS) is 10.8. The standard InChI is InChI=1S/C16H15N3O/c1-12(20)10-14-8-9-19(18-14)11-15-7-6-13-4-2-3-5-16(13)17-15/h2-9H,10-11H2,1H3. The van der Waals surface area contributed by atoms with Crippen molar-refractivity contribution in [1.29, 1.82) is 0 Å². The summed E-state index contributed by atoms with van der Waals surface area (Å²) in [6.45, 7) is 2.19. The van der Waals surface area contributed by atoms with Crippen LogP contribution in [0.25, 0.3) is 10.9 Å². The van der Waals surface area contributed by atoms with Crippen molar-refractivity contribution in [3.8, 4) is 0 Å². The highest BCUT2D eigenvalue weighted by atomic mass is 16.1. The number of benzene rings is 1. The minimum absolute atomic E-state index is 0.124. The van der Waals surface area contributed by atoms with Gasteiger partial charge in [-0.15, -0.1) is 0 Å². The van der Waals surface area contributed by atoms with Crippen LogP contribution in [-0.4, -0.2) is 20.5 Å². The number of fused-ring (bicyclic) bond motifs is 1. The fraction of sp³-hybridized carbons (Fsp3) is 0.188. The van der Waals surface area contributed by atoms with Gasteiger partial charge in [-0.1, -0.05) is 24.3 Å². The SMILES string of the molecule is CC(=O)Cc1ccn(Cc2ccc3ccccc3n2)n1. The lowest BCUT2D eigenvalue weighted by molar-refractivity contribution is -0.116. The predicted molar refractivity (Wildman–Crippen MR) is 77.5 cm³/mol. The first-order valence-electron chi connectivity index (χ1n) is 6.57. The van der Waals surface area contributed by atoms with E-state index in [2.05, 4.69) is 16.1 Å². The second-order valence-corrected chi connectivity index (χ2v) is 4.88. The van der Waals surface area contributed by atoms with Crippen LogP contribution in [0, 0.1) is 0 Å². The number of aromatic nitrogens is 3. The van der Waals surface area contributed by atoms with Crippen molar-refractivity contribution >= 4 is 16.7 Å². The van der Waals surface area contributed by atoms with Crippen molar-refractivity contribution < 1.29 is 4.79 Å². The molecular formula is C16H15N3O. The van der Waals surface area contributed by atoms with E-state index in [0.29, 0.717) is 13.0 Å². The molecule has 3 rings (SSSR count). The number of pyridine rings is 1. The second kappa shape index (κ2) is 5.25. The Morgan fingerprint density at radius 1 is 1.10 bits per heavy atom. The summed E-state index contributed by atoms with van der Waals surface area (Å²) in [6, 6.07) is 14.0. The van der Waals surface area contributed by atoms with Crippen LogP contribution < -0.4 is 0 Å². The van der Waals surface area contributed by atoms with E-state index in [1.54, 1.807) is 6.92 Å². The molecule has 0 aliphatic rings. The van der Waals surface area contributed by atoms with E-state index in [4.69, 9.17) is 0 Å². The van der Waals surface area contributed by atoms with Gasteiger partial charge in [-0.05, 0) is 25.1 Å². The van der Waals surface area contributed by atoms with E-state index in [1.165, 1.54) is 0 Å². The first-order valence-corrected chi connectivity index (χ1v) is 6.57. The number of nitrogens with zero attached hydrogens (tertiary/aromatic N) is 3. The molecule has 0 saturated carbocycles. The molecule has 3 aromatic rings. The van der Waals surface area contributed by atoms with Crippen LogP contribution in [0.3, 0.4) is 0 Å². The fourth-order valence-electron chi connectivity index (χ4n) is 2.20. The lowest BCUT2D eigenvalue weighted by Crippen LogP contribution is -2.04. The molecule has 0 spiro atoms. The van der Waals surface area contributed by atoms with Crippen LogP contribution in [-0.2, 0) is 17.8 Å². The van der Waals surface area contributed by atoms with Crippen molar-refractivity contribution in [2.75, 3.05) is 0 Å². The van der Waals surface area contributed by atoms with Crippen LogP contribution in [0.15, 0.2) is 48.7 Å². The zero-order valence-electron chi connectivity index (χ0n) is 11.3. The molecular weight excluding hydrogens is 250 g/mol. The molecule has 0 unspecified atom stereocenters. The topological polar surface area (TPSA) is 47.8 Å². The summed E-state index contributed by atoms with van der Waals surface area (Å²) in [5.74, 6) is 0.124. The minimum atomic E-state index is 0.124. The molecule has 0 saturated heterocycles. The third-order valence-corrected chi connectivity index (χ3v) is 3.11. The molecule has 0 N–H and O–H groups in total.